The van der Waals surface area contributed by atoms with Gasteiger partial charge in [-0.3, -0.25) is 4.79 Å². The van der Waals surface area contributed by atoms with Gasteiger partial charge in [0.1, 0.15) is 12.6 Å². The summed E-state index contributed by atoms with van der Waals surface area (Å²) in [6.07, 6.45) is 0.494. The number of benzene rings is 2. The molecule has 0 amide bonds. The van der Waals surface area contributed by atoms with Crippen LogP contribution in [0.5, 0.6) is 0 Å². The molecule has 0 bridgehead atoms. The van der Waals surface area contributed by atoms with Crippen molar-refractivity contribution in [1.82, 2.24) is 0 Å². The molecule has 0 heterocycles. The number of carbonyl (C=O) groups is 1. The Kier molecular flexibility index (Phi) is 4.91. The van der Waals surface area contributed by atoms with Crippen LogP contribution in [0.2, 0.25) is 0 Å². The molecule has 0 spiro atoms. The normalized spacial score (nSPS) is 11.9. The fraction of sp³-hybridized carbons (Fsp3) is 0.235. The number of nitrogens with two attached hydrogens (primary N) is 1. The molecule has 0 radical (unpaired) electrons. The summed E-state index contributed by atoms with van der Waals surface area (Å²) in [5.74, 6) is -0.366. The van der Waals surface area contributed by atoms with Crippen molar-refractivity contribution >= 4 is 5.97 Å². The first-order chi connectivity index (χ1) is 9.65. The molecule has 2 aromatic carbocycles. The number of esters is 1. The largest absolute Gasteiger partial charge is 0.460 e. The second-order valence-electron chi connectivity index (χ2n) is 4.89. The van der Waals surface area contributed by atoms with Gasteiger partial charge in [0.2, 0.25) is 0 Å². The Bertz CT molecular complexity index is 549. The van der Waals surface area contributed by atoms with E-state index < -0.39 is 6.04 Å². The van der Waals surface area contributed by atoms with E-state index in [1.165, 1.54) is 5.56 Å². The predicted octanol–water partition coefficient (Wildman–Crippen LogP) is 2.61. The van der Waals surface area contributed by atoms with Gasteiger partial charge in [0.15, 0.2) is 0 Å². The molecule has 104 valence electrons. The second-order valence-corrected chi connectivity index (χ2v) is 4.89. The van der Waals surface area contributed by atoms with Crippen molar-refractivity contribution in [2.75, 3.05) is 0 Å². The molecule has 0 aliphatic heterocycles. The molecule has 3 heteroatoms. The van der Waals surface area contributed by atoms with Crippen molar-refractivity contribution in [2.24, 2.45) is 5.73 Å². The highest BCUT2D eigenvalue weighted by Gasteiger charge is 2.15. The van der Waals surface area contributed by atoms with Crippen LogP contribution in [0, 0.1) is 6.92 Å². The van der Waals surface area contributed by atoms with Gasteiger partial charge < -0.3 is 10.5 Å². The van der Waals surface area contributed by atoms with E-state index >= 15 is 0 Å². The Balaban J connectivity index is 1.84. The van der Waals surface area contributed by atoms with Crippen LogP contribution in [0.4, 0.5) is 0 Å². The van der Waals surface area contributed by atoms with E-state index in [9.17, 15) is 4.79 Å². The topological polar surface area (TPSA) is 52.3 Å². The fourth-order valence-electron chi connectivity index (χ4n) is 1.90. The molecule has 1 atom stereocenters. The summed E-state index contributed by atoms with van der Waals surface area (Å²) in [5, 5.41) is 0. The molecule has 0 saturated heterocycles. The van der Waals surface area contributed by atoms with Gasteiger partial charge in [-0.25, -0.2) is 0 Å². The minimum Gasteiger partial charge on any atom is -0.460 e. The maximum absolute atomic E-state index is 11.8. The van der Waals surface area contributed by atoms with Crippen LogP contribution in [0.25, 0.3) is 0 Å². The Morgan fingerprint density at radius 3 is 2.35 bits per heavy atom. The van der Waals surface area contributed by atoms with Crippen molar-refractivity contribution < 1.29 is 9.53 Å². The van der Waals surface area contributed by atoms with Crippen LogP contribution >= 0.6 is 0 Å². The SMILES string of the molecule is Cc1ccc(CC(N)C(=O)OCc2ccccc2)cc1. The number of ether oxygens (including phenoxy) is 1. The molecular formula is C17H19NO2. The number of rotatable bonds is 5. The molecule has 20 heavy (non-hydrogen) atoms. The summed E-state index contributed by atoms with van der Waals surface area (Å²) in [5.41, 5.74) is 9.07. The Morgan fingerprint density at radius 1 is 1.05 bits per heavy atom. The van der Waals surface area contributed by atoms with Gasteiger partial charge in [0.05, 0.1) is 0 Å². The van der Waals surface area contributed by atoms with E-state index in [-0.39, 0.29) is 12.6 Å². The number of hydrogen-bond acceptors (Lipinski definition) is 3. The minimum atomic E-state index is -0.624. The standard InChI is InChI=1S/C17H19NO2/c1-13-7-9-14(10-8-13)11-16(18)17(19)20-12-15-5-3-2-4-6-15/h2-10,16H,11-12,18H2,1H3. The van der Waals surface area contributed by atoms with Gasteiger partial charge in [-0.15, -0.1) is 0 Å². The lowest BCUT2D eigenvalue weighted by Gasteiger charge is -2.12. The van der Waals surface area contributed by atoms with Crippen LogP contribution in [-0.4, -0.2) is 12.0 Å². The number of hydrogen-bond donors (Lipinski definition) is 1. The quantitative estimate of drug-likeness (QED) is 0.849. The van der Waals surface area contributed by atoms with Crippen LogP contribution in [-0.2, 0) is 22.6 Å². The third kappa shape index (κ3) is 4.21. The van der Waals surface area contributed by atoms with Crippen LogP contribution in [0.1, 0.15) is 16.7 Å². The summed E-state index contributed by atoms with van der Waals surface area (Å²) in [4.78, 5) is 11.8. The monoisotopic (exact) mass is 269 g/mol. The van der Waals surface area contributed by atoms with Crippen molar-refractivity contribution in [3.8, 4) is 0 Å². The van der Waals surface area contributed by atoms with E-state index in [0.29, 0.717) is 6.42 Å². The van der Waals surface area contributed by atoms with Gasteiger partial charge >= 0.3 is 5.97 Å². The van der Waals surface area contributed by atoms with E-state index in [1.807, 2.05) is 61.5 Å². The zero-order chi connectivity index (χ0) is 14.4. The van der Waals surface area contributed by atoms with Gasteiger partial charge in [-0.1, -0.05) is 60.2 Å². The smallest absolute Gasteiger partial charge is 0.323 e. The first kappa shape index (κ1) is 14.3. The molecule has 0 fully saturated rings. The van der Waals surface area contributed by atoms with Crippen molar-refractivity contribution in [2.45, 2.75) is 26.0 Å². The Labute approximate surface area is 119 Å². The maximum Gasteiger partial charge on any atom is 0.323 e. The van der Waals surface area contributed by atoms with Crippen molar-refractivity contribution in [3.63, 3.8) is 0 Å². The van der Waals surface area contributed by atoms with E-state index in [0.717, 1.165) is 11.1 Å². The minimum absolute atomic E-state index is 0.265. The summed E-state index contributed by atoms with van der Waals surface area (Å²) in [6, 6.07) is 17.0. The number of aryl methyl sites for hydroxylation is 1. The zero-order valence-electron chi connectivity index (χ0n) is 11.6. The molecule has 0 aliphatic rings. The fourth-order valence-corrected chi connectivity index (χ4v) is 1.90. The molecule has 1 unspecified atom stereocenters. The molecule has 2 rings (SSSR count). The van der Waals surface area contributed by atoms with Crippen molar-refractivity contribution in [3.05, 3.63) is 71.3 Å². The van der Waals surface area contributed by atoms with E-state index in [2.05, 4.69) is 0 Å². The average molecular weight is 269 g/mol. The van der Waals surface area contributed by atoms with E-state index in [1.54, 1.807) is 0 Å². The van der Waals surface area contributed by atoms with E-state index in [4.69, 9.17) is 10.5 Å². The molecule has 0 aromatic heterocycles. The van der Waals surface area contributed by atoms with Crippen LogP contribution < -0.4 is 5.73 Å². The van der Waals surface area contributed by atoms with Gasteiger partial charge in [0.25, 0.3) is 0 Å². The summed E-state index contributed by atoms with van der Waals surface area (Å²) in [7, 11) is 0. The summed E-state index contributed by atoms with van der Waals surface area (Å²) >= 11 is 0. The Hall–Kier alpha value is -2.13. The highest BCUT2D eigenvalue weighted by molar-refractivity contribution is 5.75. The highest BCUT2D eigenvalue weighted by atomic mass is 16.5. The predicted molar refractivity (Wildman–Crippen MR) is 79.1 cm³/mol. The van der Waals surface area contributed by atoms with Gasteiger partial charge in [-0.05, 0) is 24.5 Å². The maximum atomic E-state index is 11.8. The third-order valence-corrected chi connectivity index (χ3v) is 3.10. The van der Waals surface area contributed by atoms with Gasteiger partial charge in [0, 0.05) is 0 Å². The molecular weight excluding hydrogens is 250 g/mol. The lowest BCUT2D eigenvalue weighted by molar-refractivity contribution is -0.146. The lowest BCUT2D eigenvalue weighted by atomic mass is 10.1. The number of carbonyl (C=O) groups excluding carboxylic acids is 1. The molecule has 0 saturated carbocycles. The lowest BCUT2D eigenvalue weighted by Crippen LogP contribution is -2.34. The van der Waals surface area contributed by atoms with Crippen molar-refractivity contribution in [1.29, 1.82) is 0 Å². The molecule has 3 nitrogen and oxygen atoms in total. The highest BCUT2D eigenvalue weighted by Crippen LogP contribution is 2.07. The second kappa shape index (κ2) is 6.87. The molecule has 0 aliphatic carbocycles. The first-order valence-electron chi connectivity index (χ1n) is 6.67. The zero-order valence-corrected chi connectivity index (χ0v) is 11.6. The third-order valence-electron chi connectivity index (χ3n) is 3.10. The van der Waals surface area contributed by atoms with Crippen LogP contribution in [0.3, 0.4) is 0 Å². The summed E-state index contributed by atoms with van der Waals surface area (Å²) < 4.78 is 5.22. The summed E-state index contributed by atoms with van der Waals surface area (Å²) in [6.45, 7) is 2.29. The first-order valence-corrected chi connectivity index (χ1v) is 6.67. The molecule has 2 aromatic rings. The van der Waals surface area contributed by atoms with Gasteiger partial charge in [-0.2, -0.15) is 0 Å². The molecule has 2 N–H and O–H groups in total. The average Bonchev–Trinajstić information content (AvgIpc) is 2.48. The van der Waals surface area contributed by atoms with Crippen LogP contribution in [0.15, 0.2) is 54.6 Å². The Morgan fingerprint density at radius 2 is 1.70 bits per heavy atom.